The van der Waals surface area contributed by atoms with Gasteiger partial charge < -0.3 is 9.64 Å². The summed E-state index contributed by atoms with van der Waals surface area (Å²) in [6.07, 6.45) is -4.99. The van der Waals surface area contributed by atoms with E-state index in [4.69, 9.17) is 27.9 Å². The number of hydrogen-bond donors (Lipinski definition) is 1. The van der Waals surface area contributed by atoms with Gasteiger partial charge in [0.05, 0.1) is 22.8 Å². The minimum absolute atomic E-state index is 0.0827. The highest BCUT2D eigenvalue weighted by Crippen LogP contribution is 2.35. The lowest BCUT2D eigenvalue weighted by Gasteiger charge is -2.31. The van der Waals surface area contributed by atoms with Crippen molar-refractivity contribution in [2.24, 2.45) is 0 Å². The third kappa shape index (κ3) is 3.89. The molecule has 0 saturated carbocycles. The molecule has 0 spiro atoms. The average Bonchev–Trinajstić information content (AvgIpc) is 3.05. The molecule has 0 bridgehead atoms. The predicted octanol–water partition coefficient (Wildman–Crippen LogP) is 4.16. The van der Waals surface area contributed by atoms with Crippen molar-refractivity contribution in [1.82, 2.24) is 14.6 Å². The third-order valence-electron chi connectivity index (χ3n) is 4.95. The van der Waals surface area contributed by atoms with Crippen molar-refractivity contribution in [3.8, 4) is 0 Å². The number of aromatic nitrogens is 3. The molecule has 4 rings (SSSR count). The quantitative estimate of drug-likeness (QED) is 0.637. The van der Waals surface area contributed by atoms with Crippen molar-refractivity contribution in [3.63, 3.8) is 0 Å². The highest BCUT2D eigenvalue weighted by molar-refractivity contribution is 6.42. The molecule has 1 aliphatic heterocycles. The van der Waals surface area contributed by atoms with Crippen LogP contribution in [0.1, 0.15) is 23.7 Å². The summed E-state index contributed by atoms with van der Waals surface area (Å²) in [6.45, 7) is 3.28. The Kier molecular flexibility index (Phi) is 5.46. The number of nitrogens with one attached hydrogen (secondary N) is 1. The van der Waals surface area contributed by atoms with E-state index in [9.17, 15) is 18.0 Å². The van der Waals surface area contributed by atoms with E-state index >= 15 is 0 Å². The van der Waals surface area contributed by atoms with Crippen molar-refractivity contribution in [2.75, 3.05) is 24.6 Å². The molecular weight excluding hydrogens is 444 g/mol. The van der Waals surface area contributed by atoms with Crippen LogP contribution in [0, 0.1) is 0 Å². The minimum Gasteiger partial charge on any atom is -0.375 e. The normalized spacial score (nSPS) is 17.7. The maximum Gasteiger partial charge on any atom is 0.433 e. The summed E-state index contributed by atoms with van der Waals surface area (Å²) in [5.41, 5.74) is -1.55. The number of benzene rings is 1. The molecular formula is C19H17Cl2F3N4O2. The molecule has 0 amide bonds. The Bertz CT molecular complexity index is 1160. The highest BCUT2D eigenvalue weighted by atomic mass is 35.5. The van der Waals surface area contributed by atoms with E-state index < -0.39 is 17.4 Å². The lowest BCUT2D eigenvalue weighted by Crippen LogP contribution is -2.42. The second kappa shape index (κ2) is 7.79. The van der Waals surface area contributed by atoms with Crippen LogP contribution in [-0.2, 0) is 17.3 Å². The van der Waals surface area contributed by atoms with Crippen LogP contribution in [0.4, 0.5) is 19.0 Å². The number of hydrogen-bond acceptors (Lipinski definition) is 4. The summed E-state index contributed by atoms with van der Waals surface area (Å²) >= 11 is 12.2. The van der Waals surface area contributed by atoms with E-state index in [-0.39, 0.29) is 33.8 Å². The second-order valence-corrected chi connectivity index (χ2v) is 7.88. The minimum atomic E-state index is -4.71. The van der Waals surface area contributed by atoms with E-state index in [1.807, 2.05) is 11.8 Å². The maximum absolute atomic E-state index is 13.7. The topological polar surface area (TPSA) is 62.6 Å². The summed E-state index contributed by atoms with van der Waals surface area (Å²) < 4.78 is 47.5. The lowest BCUT2D eigenvalue weighted by molar-refractivity contribution is -0.141. The Balaban J connectivity index is 1.89. The van der Waals surface area contributed by atoms with Gasteiger partial charge in [-0.05, 0) is 18.6 Å². The average molecular weight is 461 g/mol. The number of anilines is 1. The molecule has 1 unspecified atom stereocenters. The number of halogens is 5. The number of morpholine rings is 1. The van der Waals surface area contributed by atoms with Crippen molar-refractivity contribution in [2.45, 2.75) is 25.6 Å². The molecule has 1 aliphatic rings. The summed E-state index contributed by atoms with van der Waals surface area (Å²) in [6, 6.07) is 5.96. The molecule has 3 aromatic rings. The molecule has 11 heteroatoms. The van der Waals surface area contributed by atoms with E-state index in [1.165, 1.54) is 6.07 Å². The van der Waals surface area contributed by atoms with Gasteiger partial charge in [-0.15, -0.1) is 0 Å². The van der Waals surface area contributed by atoms with Crippen molar-refractivity contribution < 1.29 is 17.9 Å². The largest absolute Gasteiger partial charge is 0.433 e. The number of rotatable bonds is 3. The van der Waals surface area contributed by atoms with Gasteiger partial charge in [-0.2, -0.15) is 13.2 Å². The first-order valence-corrected chi connectivity index (χ1v) is 9.92. The Morgan fingerprint density at radius 1 is 1.33 bits per heavy atom. The number of fused-ring (bicyclic) bond motifs is 1. The Labute approximate surface area is 179 Å². The van der Waals surface area contributed by atoms with Crippen molar-refractivity contribution >= 4 is 34.7 Å². The van der Waals surface area contributed by atoms with E-state index in [0.717, 1.165) is 4.52 Å². The molecule has 3 heterocycles. The molecule has 6 nitrogen and oxygen atoms in total. The Morgan fingerprint density at radius 3 is 2.80 bits per heavy atom. The van der Waals surface area contributed by atoms with Crippen LogP contribution in [0.25, 0.3) is 5.65 Å². The third-order valence-corrected chi connectivity index (χ3v) is 5.81. The van der Waals surface area contributed by atoms with Crippen molar-refractivity contribution in [1.29, 1.82) is 0 Å². The summed E-state index contributed by atoms with van der Waals surface area (Å²) in [5, 5.41) is 2.55. The fraction of sp³-hybridized carbons (Fsp3) is 0.368. The van der Waals surface area contributed by atoms with Gasteiger partial charge in [0, 0.05) is 31.1 Å². The number of alkyl halides is 3. The molecule has 1 N–H and O–H groups in total. The number of aromatic amines is 1. The van der Waals surface area contributed by atoms with E-state index in [2.05, 4.69) is 10.1 Å². The fourth-order valence-electron chi connectivity index (χ4n) is 3.54. The molecule has 0 radical (unpaired) electrons. The standard InChI is InChI=1S/C19H17Cl2F3N4O2/c1-10-9-27(5-6-30-10)14-8-15(29)28-18(25-14)12(17(26-28)19(22,23)24)7-11-3-2-4-13(20)16(11)21/h2-4,8,10,26H,5-7,9H2,1H3. The van der Waals surface area contributed by atoms with E-state index in [0.29, 0.717) is 31.1 Å². The molecule has 160 valence electrons. The van der Waals surface area contributed by atoms with Crippen molar-refractivity contribution in [3.05, 3.63) is 61.5 Å². The van der Waals surface area contributed by atoms with Crippen LogP contribution in [0.2, 0.25) is 10.0 Å². The Hall–Kier alpha value is -2.23. The van der Waals surface area contributed by atoms with Crippen LogP contribution in [0.15, 0.2) is 29.1 Å². The lowest BCUT2D eigenvalue weighted by atomic mass is 10.0. The second-order valence-electron chi connectivity index (χ2n) is 7.09. The van der Waals surface area contributed by atoms with Gasteiger partial charge in [0.15, 0.2) is 5.65 Å². The predicted molar refractivity (Wildman–Crippen MR) is 108 cm³/mol. The van der Waals surface area contributed by atoms with Crippen LogP contribution >= 0.6 is 23.2 Å². The molecule has 30 heavy (non-hydrogen) atoms. The summed E-state index contributed by atoms with van der Waals surface area (Å²) in [4.78, 5) is 18.8. The van der Waals surface area contributed by atoms with Crippen LogP contribution in [0.5, 0.6) is 0 Å². The summed E-state index contributed by atoms with van der Waals surface area (Å²) in [5.74, 6) is 0.307. The van der Waals surface area contributed by atoms with E-state index in [1.54, 1.807) is 18.2 Å². The zero-order valence-corrected chi connectivity index (χ0v) is 17.3. The van der Waals surface area contributed by atoms with Crippen LogP contribution in [0.3, 0.4) is 0 Å². The van der Waals surface area contributed by atoms with Gasteiger partial charge in [0.1, 0.15) is 11.5 Å². The highest BCUT2D eigenvalue weighted by Gasteiger charge is 2.38. The fourth-order valence-corrected chi connectivity index (χ4v) is 3.92. The smallest absolute Gasteiger partial charge is 0.375 e. The molecule has 2 aromatic heterocycles. The van der Waals surface area contributed by atoms with Gasteiger partial charge in [-0.1, -0.05) is 35.3 Å². The molecule has 1 atom stereocenters. The van der Waals surface area contributed by atoms with Gasteiger partial charge in [0.2, 0.25) is 0 Å². The number of nitrogens with zero attached hydrogens (tertiary/aromatic N) is 3. The van der Waals surface area contributed by atoms with Gasteiger partial charge in [-0.25, -0.2) is 9.50 Å². The first-order valence-electron chi connectivity index (χ1n) is 9.16. The SMILES string of the molecule is CC1CN(c2cc(=O)n3[nH]c(C(F)(F)F)c(Cc4cccc(Cl)c4Cl)c3n2)CCO1. The summed E-state index contributed by atoms with van der Waals surface area (Å²) in [7, 11) is 0. The van der Waals surface area contributed by atoms with Crippen LogP contribution in [-0.4, -0.2) is 40.4 Å². The van der Waals surface area contributed by atoms with Gasteiger partial charge >= 0.3 is 6.18 Å². The first-order chi connectivity index (χ1) is 14.1. The Morgan fingerprint density at radius 2 is 2.10 bits per heavy atom. The molecule has 1 aromatic carbocycles. The monoisotopic (exact) mass is 460 g/mol. The molecule has 1 fully saturated rings. The molecule has 1 saturated heterocycles. The van der Waals surface area contributed by atoms with Crippen LogP contribution < -0.4 is 10.5 Å². The zero-order chi connectivity index (χ0) is 21.6. The molecule has 0 aliphatic carbocycles. The van der Waals surface area contributed by atoms with Gasteiger partial charge in [0.25, 0.3) is 5.56 Å². The van der Waals surface area contributed by atoms with Gasteiger partial charge in [-0.3, -0.25) is 9.89 Å². The maximum atomic E-state index is 13.7. The first kappa shape index (κ1) is 21.0. The zero-order valence-electron chi connectivity index (χ0n) is 15.8. The number of ether oxygens (including phenoxy) is 1. The number of H-pyrrole nitrogens is 1.